The minimum atomic E-state index is -0.164. The molecule has 26 heavy (non-hydrogen) atoms. The summed E-state index contributed by atoms with van der Waals surface area (Å²) in [5.74, 6) is 1.56. The van der Waals surface area contributed by atoms with Crippen LogP contribution in [0.5, 0.6) is 0 Å². The van der Waals surface area contributed by atoms with Crippen molar-refractivity contribution in [2.45, 2.75) is 6.92 Å². The first-order valence-electron chi connectivity index (χ1n) is 9.13. The number of morpholine rings is 1. The second kappa shape index (κ2) is 7.45. The van der Waals surface area contributed by atoms with Crippen LogP contribution in [-0.2, 0) is 4.74 Å². The lowest BCUT2D eigenvalue weighted by Crippen LogP contribution is -2.47. The molecule has 2 fully saturated rings. The highest BCUT2D eigenvalue weighted by molar-refractivity contribution is 5.51. The number of para-hydroxylation sites is 1. The molecule has 6 nitrogen and oxygen atoms in total. The fourth-order valence-corrected chi connectivity index (χ4v) is 3.49. The molecule has 7 heteroatoms. The van der Waals surface area contributed by atoms with E-state index >= 15 is 0 Å². The molecule has 2 aliphatic heterocycles. The van der Waals surface area contributed by atoms with Gasteiger partial charge in [-0.3, -0.25) is 0 Å². The number of anilines is 3. The number of hydrogen-bond donors (Lipinski definition) is 0. The van der Waals surface area contributed by atoms with E-state index in [2.05, 4.69) is 19.7 Å². The van der Waals surface area contributed by atoms with Gasteiger partial charge in [-0.25, -0.2) is 9.37 Å². The summed E-state index contributed by atoms with van der Waals surface area (Å²) in [4.78, 5) is 15.9. The number of halogens is 1. The maximum absolute atomic E-state index is 14.0. The third kappa shape index (κ3) is 3.58. The lowest BCUT2D eigenvalue weighted by Gasteiger charge is -2.36. The van der Waals surface area contributed by atoms with E-state index in [1.807, 2.05) is 25.1 Å². The highest BCUT2D eigenvalue weighted by Crippen LogP contribution is 2.23. The molecule has 2 aromatic rings. The average molecular weight is 357 g/mol. The van der Waals surface area contributed by atoms with Crippen molar-refractivity contribution in [1.82, 2.24) is 9.97 Å². The summed E-state index contributed by atoms with van der Waals surface area (Å²) < 4.78 is 19.4. The van der Waals surface area contributed by atoms with Gasteiger partial charge in [-0.05, 0) is 19.1 Å². The van der Waals surface area contributed by atoms with Gasteiger partial charge >= 0.3 is 0 Å². The van der Waals surface area contributed by atoms with E-state index in [0.717, 1.165) is 69.9 Å². The Kier molecular flexibility index (Phi) is 4.88. The van der Waals surface area contributed by atoms with Crippen LogP contribution in [0.3, 0.4) is 0 Å². The van der Waals surface area contributed by atoms with Crippen LogP contribution in [0, 0.1) is 12.7 Å². The molecule has 0 N–H and O–H groups in total. The van der Waals surface area contributed by atoms with Crippen molar-refractivity contribution < 1.29 is 9.13 Å². The van der Waals surface area contributed by atoms with Crippen LogP contribution in [-0.4, -0.2) is 62.5 Å². The van der Waals surface area contributed by atoms with Gasteiger partial charge in [-0.2, -0.15) is 4.98 Å². The van der Waals surface area contributed by atoms with Crippen LogP contribution >= 0.6 is 0 Å². The Hall–Kier alpha value is -2.41. The summed E-state index contributed by atoms with van der Waals surface area (Å²) >= 11 is 0. The zero-order chi connectivity index (χ0) is 17.9. The molecule has 0 amide bonds. The van der Waals surface area contributed by atoms with Gasteiger partial charge in [-0.1, -0.05) is 12.1 Å². The van der Waals surface area contributed by atoms with Crippen molar-refractivity contribution in [3.63, 3.8) is 0 Å². The van der Waals surface area contributed by atoms with Crippen LogP contribution in [0.25, 0.3) is 0 Å². The van der Waals surface area contributed by atoms with Crippen LogP contribution in [0.1, 0.15) is 5.69 Å². The van der Waals surface area contributed by atoms with Gasteiger partial charge in [0, 0.05) is 51.0 Å². The van der Waals surface area contributed by atoms with Gasteiger partial charge in [-0.15, -0.1) is 0 Å². The molecule has 0 spiro atoms. The fraction of sp³-hybridized carbons (Fsp3) is 0.474. The van der Waals surface area contributed by atoms with E-state index in [0.29, 0.717) is 5.69 Å². The molecule has 2 saturated heterocycles. The number of nitrogens with zero attached hydrogens (tertiary/aromatic N) is 5. The Morgan fingerprint density at radius 2 is 1.58 bits per heavy atom. The van der Waals surface area contributed by atoms with E-state index in [1.165, 1.54) is 6.07 Å². The molecule has 0 saturated carbocycles. The SMILES string of the molecule is Cc1cc(N2CCOCC2)nc(N2CCN(c3ccccc3F)CC2)n1. The van der Waals surface area contributed by atoms with Crippen LogP contribution in [0.15, 0.2) is 30.3 Å². The summed E-state index contributed by atoms with van der Waals surface area (Å²) in [6.45, 7) is 8.26. The summed E-state index contributed by atoms with van der Waals surface area (Å²) in [6.07, 6.45) is 0. The van der Waals surface area contributed by atoms with Crippen molar-refractivity contribution in [3.8, 4) is 0 Å². The average Bonchev–Trinajstić information content (AvgIpc) is 2.69. The normalized spacial score (nSPS) is 18.3. The molecule has 2 aliphatic rings. The second-order valence-corrected chi connectivity index (χ2v) is 6.69. The number of hydrogen-bond acceptors (Lipinski definition) is 6. The topological polar surface area (TPSA) is 44.7 Å². The summed E-state index contributed by atoms with van der Waals surface area (Å²) in [5.41, 5.74) is 1.64. The van der Waals surface area contributed by atoms with Crippen molar-refractivity contribution in [1.29, 1.82) is 0 Å². The van der Waals surface area contributed by atoms with E-state index in [4.69, 9.17) is 9.72 Å². The van der Waals surface area contributed by atoms with Gasteiger partial charge in [0.2, 0.25) is 5.95 Å². The first kappa shape index (κ1) is 17.0. The Bertz CT molecular complexity index is 757. The predicted octanol–water partition coefficient (Wildman–Crippen LogP) is 2.09. The predicted molar refractivity (Wildman–Crippen MR) is 101 cm³/mol. The molecule has 3 heterocycles. The number of benzene rings is 1. The quantitative estimate of drug-likeness (QED) is 0.838. The summed E-state index contributed by atoms with van der Waals surface area (Å²) in [7, 11) is 0. The Morgan fingerprint density at radius 3 is 2.31 bits per heavy atom. The van der Waals surface area contributed by atoms with E-state index in [-0.39, 0.29) is 5.82 Å². The molecule has 0 bridgehead atoms. The van der Waals surface area contributed by atoms with Crippen molar-refractivity contribution in [2.24, 2.45) is 0 Å². The number of aryl methyl sites for hydroxylation is 1. The fourth-order valence-electron chi connectivity index (χ4n) is 3.49. The van der Waals surface area contributed by atoms with Crippen LogP contribution in [0.4, 0.5) is 21.8 Å². The molecule has 138 valence electrons. The molecular formula is C19H24FN5O. The molecular weight excluding hydrogens is 333 g/mol. The molecule has 1 aromatic carbocycles. The maximum atomic E-state index is 14.0. The Balaban J connectivity index is 1.47. The summed E-state index contributed by atoms with van der Waals surface area (Å²) in [5, 5.41) is 0. The maximum Gasteiger partial charge on any atom is 0.227 e. The molecule has 0 aliphatic carbocycles. The highest BCUT2D eigenvalue weighted by Gasteiger charge is 2.22. The van der Waals surface area contributed by atoms with Gasteiger partial charge in [0.25, 0.3) is 0 Å². The standard InChI is InChI=1S/C19H24FN5O/c1-15-14-18(24-10-12-26-13-11-24)22-19(21-15)25-8-6-23(7-9-25)17-5-3-2-4-16(17)20/h2-5,14H,6-13H2,1H3. The van der Waals surface area contributed by atoms with Crippen molar-refractivity contribution in [2.75, 3.05) is 67.2 Å². The number of aromatic nitrogens is 2. The minimum Gasteiger partial charge on any atom is -0.378 e. The molecule has 1 aromatic heterocycles. The highest BCUT2D eigenvalue weighted by atomic mass is 19.1. The third-order valence-corrected chi connectivity index (χ3v) is 4.92. The van der Waals surface area contributed by atoms with E-state index < -0.39 is 0 Å². The van der Waals surface area contributed by atoms with Crippen LogP contribution < -0.4 is 14.7 Å². The molecule has 4 rings (SSSR count). The molecule has 0 atom stereocenters. The zero-order valence-electron chi connectivity index (χ0n) is 15.1. The Morgan fingerprint density at radius 1 is 0.885 bits per heavy atom. The van der Waals surface area contributed by atoms with E-state index in [9.17, 15) is 4.39 Å². The molecule has 0 radical (unpaired) electrons. The first-order chi connectivity index (χ1) is 12.7. The minimum absolute atomic E-state index is 0.164. The number of rotatable bonds is 3. The molecule has 0 unspecified atom stereocenters. The monoisotopic (exact) mass is 357 g/mol. The number of piperazine rings is 1. The lowest BCUT2D eigenvalue weighted by molar-refractivity contribution is 0.122. The van der Waals surface area contributed by atoms with Crippen molar-refractivity contribution >= 4 is 17.5 Å². The van der Waals surface area contributed by atoms with Gasteiger partial charge in [0.05, 0.1) is 18.9 Å². The van der Waals surface area contributed by atoms with Gasteiger partial charge < -0.3 is 19.4 Å². The number of ether oxygens (including phenoxy) is 1. The van der Waals surface area contributed by atoms with Crippen LogP contribution in [0.2, 0.25) is 0 Å². The smallest absolute Gasteiger partial charge is 0.227 e. The lowest BCUT2D eigenvalue weighted by atomic mass is 10.2. The second-order valence-electron chi connectivity index (χ2n) is 6.69. The van der Waals surface area contributed by atoms with Crippen molar-refractivity contribution in [3.05, 3.63) is 41.8 Å². The first-order valence-corrected chi connectivity index (χ1v) is 9.13. The largest absolute Gasteiger partial charge is 0.378 e. The zero-order valence-corrected chi connectivity index (χ0v) is 15.1. The summed E-state index contributed by atoms with van der Waals surface area (Å²) in [6, 6.07) is 8.99. The van der Waals surface area contributed by atoms with Gasteiger partial charge in [0.1, 0.15) is 11.6 Å². The third-order valence-electron chi connectivity index (χ3n) is 4.92. The van der Waals surface area contributed by atoms with Gasteiger partial charge in [0.15, 0.2) is 0 Å². The Labute approximate surface area is 153 Å². The van der Waals surface area contributed by atoms with E-state index in [1.54, 1.807) is 6.07 Å².